The zero-order valence-electron chi connectivity index (χ0n) is 10.7. The summed E-state index contributed by atoms with van der Waals surface area (Å²) in [6.07, 6.45) is -4.40. The van der Waals surface area contributed by atoms with E-state index in [0.29, 0.717) is 11.1 Å². The molecular weight excluding hydrogens is 285 g/mol. The standard InChI is InChI=1S/C15H11F3O3/c16-15(17,18)12-4-1-9(2-5-12)10-3-6-13(14(20)21)11(7-10)8-19/h1-7,19H,8H2,(H,20,21). The first kappa shape index (κ1) is 15.1. The zero-order chi connectivity index (χ0) is 15.6. The fourth-order valence-corrected chi connectivity index (χ4v) is 1.96. The van der Waals surface area contributed by atoms with Crippen LogP contribution in [0.4, 0.5) is 13.2 Å². The molecule has 0 aliphatic rings. The van der Waals surface area contributed by atoms with E-state index in [2.05, 4.69) is 0 Å². The lowest BCUT2D eigenvalue weighted by atomic mass is 9.98. The number of hydrogen-bond donors (Lipinski definition) is 2. The molecule has 110 valence electrons. The number of aliphatic hydroxyl groups is 1. The minimum absolute atomic E-state index is 0.0341. The highest BCUT2D eigenvalue weighted by Gasteiger charge is 2.29. The van der Waals surface area contributed by atoms with Crippen LogP contribution in [0.25, 0.3) is 11.1 Å². The normalized spacial score (nSPS) is 11.4. The van der Waals surface area contributed by atoms with Crippen molar-refractivity contribution < 1.29 is 28.2 Å². The van der Waals surface area contributed by atoms with E-state index in [1.807, 2.05) is 0 Å². The molecule has 0 aromatic heterocycles. The van der Waals surface area contributed by atoms with Crippen molar-refractivity contribution in [2.75, 3.05) is 0 Å². The number of halogens is 3. The first-order valence-electron chi connectivity index (χ1n) is 5.97. The van der Waals surface area contributed by atoms with Gasteiger partial charge >= 0.3 is 12.1 Å². The SMILES string of the molecule is O=C(O)c1ccc(-c2ccc(C(F)(F)F)cc2)cc1CO. The van der Waals surface area contributed by atoms with Crippen molar-refractivity contribution in [2.45, 2.75) is 12.8 Å². The van der Waals surface area contributed by atoms with Gasteiger partial charge in [-0.15, -0.1) is 0 Å². The average Bonchev–Trinajstić information content (AvgIpc) is 2.45. The molecule has 0 aliphatic heterocycles. The van der Waals surface area contributed by atoms with Gasteiger partial charge in [-0.1, -0.05) is 18.2 Å². The summed E-state index contributed by atoms with van der Waals surface area (Å²) < 4.78 is 37.5. The van der Waals surface area contributed by atoms with Crippen molar-refractivity contribution in [1.82, 2.24) is 0 Å². The topological polar surface area (TPSA) is 57.5 Å². The molecule has 0 atom stereocenters. The van der Waals surface area contributed by atoms with Gasteiger partial charge in [0, 0.05) is 0 Å². The molecule has 0 bridgehead atoms. The van der Waals surface area contributed by atoms with E-state index < -0.39 is 24.3 Å². The molecule has 0 unspecified atom stereocenters. The lowest BCUT2D eigenvalue weighted by molar-refractivity contribution is -0.137. The van der Waals surface area contributed by atoms with E-state index in [4.69, 9.17) is 5.11 Å². The monoisotopic (exact) mass is 296 g/mol. The highest BCUT2D eigenvalue weighted by atomic mass is 19.4. The summed E-state index contributed by atoms with van der Waals surface area (Å²) in [6.45, 7) is -0.462. The molecule has 0 heterocycles. The summed E-state index contributed by atoms with van der Waals surface area (Å²) in [5.74, 6) is -1.17. The van der Waals surface area contributed by atoms with Crippen LogP contribution in [0.3, 0.4) is 0 Å². The van der Waals surface area contributed by atoms with Gasteiger partial charge in [-0.2, -0.15) is 13.2 Å². The molecular formula is C15H11F3O3. The predicted octanol–water partition coefficient (Wildman–Crippen LogP) is 3.56. The lowest BCUT2D eigenvalue weighted by Gasteiger charge is -2.09. The first-order valence-corrected chi connectivity index (χ1v) is 5.97. The van der Waals surface area contributed by atoms with Crippen molar-refractivity contribution in [3.63, 3.8) is 0 Å². The highest BCUT2D eigenvalue weighted by Crippen LogP contribution is 2.31. The van der Waals surface area contributed by atoms with Crippen LogP contribution in [0, 0.1) is 0 Å². The fourth-order valence-electron chi connectivity index (χ4n) is 1.96. The lowest BCUT2D eigenvalue weighted by Crippen LogP contribution is -2.04. The van der Waals surface area contributed by atoms with Crippen molar-refractivity contribution in [2.24, 2.45) is 0 Å². The van der Waals surface area contributed by atoms with Crippen LogP contribution < -0.4 is 0 Å². The second-order valence-corrected chi connectivity index (χ2v) is 4.41. The molecule has 0 saturated carbocycles. The van der Waals surface area contributed by atoms with Gasteiger partial charge in [-0.05, 0) is 41.0 Å². The summed E-state index contributed by atoms with van der Waals surface area (Å²) in [4.78, 5) is 10.9. The summed E-state index contributed by atoms with van der Waals surface area (Å²) in [6, 6.07) is 8.79. The van der Waals surface area contributed by atoms with Crippen LogP contribution in [-0.2, 0) is 12.8 Å². The number of benzene rings is 2. The second kappa shape index (κ2) is 5.57. The Hall–Kier alpha value is -2.34. The number of carbonyl (C=O) groups is 1. The molecule has 0 saturated heterocycles. The maximum absolute atomic E-state index is 12.5. The van der Waals surface area contributed by atoms with Crippen LogP contribution in [0.15, 0.2) is 42.5 Å². The third-order valence-corrected chi connectivity index (χ3v) is 3.05. The molecule has 2 aromatic carbocycles. The predicted molar refractivity (Wildman–Crippen MR) is 69.8 cm³/mol. The number of alkyl halides is 3. The molecule has 0 amide bonds. The second-order valence-electron chi connectivity index (χ2n) is 4.41. The number of carboxylic acids is 1. The Morgan fingerprint density at radius 1 is 1.00 bits per heavy atom. The smallest absolute Gasteiger partial charge is 0.416 e. The summed E-state index contributed by atoms with van der Waals surface area (Å²) >= 11 is 0. The molecule has 2 aromatic rings. The Morgan fingerprint density at radius 2 is 1.57 bits per heavy atom. The van der Waals surface area contributed by atoms with E-state index in [9.17, 15) is 23.1 Å². The van der Waals surface area contributed by atoms with Gasteiger partial charge in [-0.25, -0.2) is 4.79 Å². The number of carboxylic acid groups (broad SMARTS) is 1. The Labute approximate surface area is 118 Å². The van der Waals surface area contributed by atoms with E-state index >= 15 is 0 Å². The summed E-state index contributed by atoms with van der Waals surface area (Å²) in [7, 11) is 0. The van der Waals surface area contributed by atoms with E-state index in [1.165, 1.54) is 30.3 Å². The van der Waals surface area contributed by atoms with Crippen LogP contribution in [0.1, 0.15) is 21.5 Å². The molecule has 6 heteroatoms. The van der Waals surface area contributed by atoms with Crippen LogP contribution in [-0.4, -0.2) is 16.2 Å². The van der Waals surface area contributed by atoms with Crippen LogP contribution in [0.5, 0.6) is 0 Å². The third kappa shape index (κ3) is 3.22. The number of rotatable bonds is 3. The van der Waals surface area contributed by atoms with Crippen LogP contribution in [0.2, 0.25) is 0 Å². The maximum atomic E-state index is 12.5. The van der Waals surface area contributed by atoms with Gasteiger partial charge in [0.2, 0.25) is 0 Å². The van der Waals surface area contributed by atoms with E-state index in [-0.39, 0.29) is 11.1 Å². The Morgan fingerprint density at radius 3 is 2.05 bits per heavy atom. The fraction of sp³-hybridized carbons (Fsp3) is 0.133. The molecule has 0 aliphatic carbocycles. The van der Waals surface area contributed by atoms with Crippen molar-refractivity contribution in [1.29, 1.82) is 0 Å². The molecule has 0 spiro atoms. The number of aliphatic hydroxyl groups excluding tert-OH is 1. The first-order chi connectivity index (χ1) is 9.82. The van der Waals surface area contributed by atoms with Crippen LogP contribution >= 0.6 is 0 Å². The largest absolute Gasteiger partial charge is 0.478 e. The zero-order valence-corrected chi connectivity index (χ0v) is 10.7. The van der Waals surface area contributed by atoms with Gasteiger partial charge in [0.25, 0.3) is 0 Å². The van der Waals surface area contributed by atoms with Gasteiger partial charge in [-0.3, -0.25) is 0 Å². The molecule has 2 N–H and O–H groups in total. The Bertz CT molecular complexity index is 661. The molecule has 0 fully saturated rings. The van der Waals surface area contributed by atoms with Gasteiger partial charge in [0.15, 0.2) is 0 Å². The van der Waals surface area contributed by atoms with Gasteiger partial charge in [0.1, 0.15) is 0 Å². The summed E-state index contributed by atoms with van der Waals surface area (Å²) in [5.41, 5.74) is 0.469. The molecule has 3 nitrogen and oxygen atoms in total. The summed E-state index contributed by atoms with van der Waals surface area (Å²) in [5, 5.41) is 18.1. The minimum Gasteiger partial charge on any atom is -0.478 e. The van der Waals surface area contributed by atoms with Crippen molar-refractivity contribution in [3.8, 4) is 11.1 Å². The van der Waals surface area contributed by atoms with E-state index in [0.717, 1.165) is 12.1 Å². The molecule has 2 rings (SSSR count). The average molecular weight is 296 g/mol. The highest BCUT2D eigenvalue weighted by molar-refractivity contribution is 5.90. The number of aromatic carboxylic acids is 1. The Balaban J connectivity index is 2.41. The molecule has 0 radical (unpaired) electrons. The van der Waals surface area contributed by atoms with Crippen molar-refractivity contribution >= 4 is 5.97 Å². The Kier molecular flexibility index (Phi) is 3.99. The quantitative estimate of drug-likeness (QED) is 0.910. The minimum atomic E-state index is -4.40. The number of hydrogen-bond acceptors (Lipinski definition) is 2. The maximum Gasteiger partial charge on any atom is 0.416 e. The van der Waals surface area contributed by atoms with Crippen molar-refractivity contribution in [3.05, 3.63) is 59.2 Å². The van der Waals surface area contributed by atoms with Gasteiger partial charge < -0.3 is 10.2 Å². The molecule has 21 heavy (non-hydrogen) atoms. The third-order valence-electron chi connectivity index (χ3n) is 3.05. The van der Waals surface area contributed by atoms with E-state index in [1.54, 1.807) is 0 Å². The van der Waals surface area contributed by atoms with Gasteiger partial charge in [0.05, 0.1) is 17.7 Å².